The monoisotopic (exact) mass is 313 g/mol. The average Bonchev–Trinajstić information content (AvgIpc) is 2.59. The first kappa shape index (κ1) is 15.6. The molecule has 122 valence electrons. The molecular formula is C18H23N3O2. The lowest BCUT2D eigenvalue weighted by Crippen LogP contribution is -2.46. The van der Waals surface area contributed by atoms with Crippen LogP contribution >= 0.6 is 0 Å². The van der Waals surface area contributed by atoms with E-state index in [0.717, 1.165) is 49.7 Å². The second kappa shape index (κ2) is 6.87. The van der Waals surface area contributed by atoms with Crippen LogP contribution in [-0.2, 0) is 13.6 Å². The molecule has 0 bridgehead atoms. The summed E-state index contributed by atoms with van der Waals surface area (Å²) in [6.45, 7) is 4.72. The van der Waals surface area contributed by atoms with E-state index >= 15 is 0 Å². The lowest BCUT2D eigenvalue weighted by atomic mass is 10.2. The minimum atomic E-state index is 0.0511. The summed E-state index contributed by atoms with van der Waals surface area (Å²) >= 11 is 0. The molecule has 0 atom stereocenters. The van der Waals surface area contributed by atoms with Crippen LogP contribution in [0.2, 0.25) is 0 Å². The number of rotatable bonds is 4. The van der Waals surface area contributed by atoms with Crippen LogP contribution in [0.5, 0.6) is 5.75 Å². The number of ether oxygens (including phenoxy) is 1. The molecule has 1 saturated heterocycles. The normalized spacial score (nSPS) is 15.7. The smallest absolute Gasteiger partial charge is 0.250 e. The number of piperazine rings is 1. The number of methoxy groups -OCH3 is 1. The van der Waals surface area contributed by atoms with Crippen molar-refractivity contribution in [2.24, 2.45) is 7.05 Å². The molecule has 1 aliphatic heterocycles. The number of para-hydroxylation sites is 2. The fraction of sp³-hybridized carbons (Fsp3) is 0.389. The summed E-state index contributed by atoms with van der Waals surface area (Å²) in [5.41, 5.74) is 2.29. The Bertz CT molecular complexity index is 718. The Kier molecular flexibility index (Phi) is 4.67. The van der Waals surface area contributed by atoms with Crippen molar-refractivity contribution in [3.8, 4) is 5.75 Å². The van der Waals surface area contributed by atoms with E-state index in [1.54, 1.807) is 24.8 Å². The Balaban J connectivity index is 1.62. The van der Waals surface area contributed by atoms with E-state index in [4.69, 9.17) is 4.74 Å². The van der Waals surface area contributed by atoms with Crippen LogP contribution < -0.4 is 15.2 Å². The summed E-state index contributed by atoms with van der Waals surface area (Å²) < 4.78 is 7.05. The fourth-order valence-electron chi connectivity index (χ4n) is 2.98. The van der Waals surface area contributed by atoms with Crippen LogP contribution in [0.25, 0.3) is 0 Å². The maximum atomic E-state index is 11.7. The van der Waals surface area contributed by atoms with E-state index in [1.165, 1.54) is 0 Å². The highest BCUT2D eigenvalue weighted by Crippen LogP contribution is 2.28. The molecule has 0 saturated carbocycles. The highest BCUT2D eigenvalue weighted by molar-refractivity contribution is 5.58. The van der Waals surface area contributed by atoms with E-state index in [-0.39, 0.29) is 5.56 Å². The summed E-state index contributed by atoms with van der Waals surface area (Å²) in [5.74, 6) is 0.924. The molecule has 3 rings (SSSR count). The standard InChI is InChI=1S/C18H23N3O2/c1-19-8-7-15(13-18(19)22)14-20-9-11-21(12-10-20)16-5-3-4-6-17(16)23-2/h3-8,13H,9-12,14H2,1-2H3. The van der Waals surface area contributed by atoms with Crippen LogP contribution in [0, 0.1) is 0 Å². The van der Waals surface area contributed by atoms with Gasteiger partial charge in [0.2, 0.25) is 0 Å². The molecule has 23 heavy (non-hydrogen) atoms. The number of hydrogen-bond acceptors (Lipinski definition) is 4. The number of nitrogens with zero attached hydrogens (tertiary/aromatic N) is 3. The molecule has 5 heteroatoms. The van der Waals surface area contributed by atoms with Crippen LogP contribution in [0.1, 0.15) is 5.56 Å². The molecule has 2 heterocycles. The van der Waals surface area contributed by atoms with Gasteiger partial charge < -0.3 is 14.2 Å². The number of anilines is 1. The number of aromatic nitrogens is 1. The number of pyridine rings is 1. The van der Waals surface area contributed by atoms with Gasteiger partial charge in [-0.2, -0.15) is 0 Å². The lowest BCUT2D eigenvalue weighted by Gasteiger charge is -2.36. The van der Waals surface area contributed by atoms with Gasteiger partial charge in [-0.15, -0.1) is 0 Å². The van der Waals surface area contributed by atoms with Crippen LogP contribution in [0.3, 0.4) is 0 Å². The summed E-state index contributed by atoms with van der Waals surface area (Å²) in [5, 5.41) is 0. The van der Waals surface area contributed by atoms with E-state index in [0.29, 0.717) is 0 Å². The SMILES string of the molecule is COc1ccccc1N1CCN(Cc2ccn(C)c(=O)c2)CC1. The Morgan fingerprint density at radius 3 is 2.52 bits per heavy atom. The summed E-state index contributed by atoms with van der Waals surface area (Å²) in [6.07, 6.45) is 1.84. The van der Waals surface area contributed by atoms with E-state index in [1.807, 2.05) is 30.5 Å². The topological polar surface area (TPSA) is 37.7 Å². The van der Waals surface area contributed by atoms with Crippen LogP contribution in [-0.4, -0.2) is 42.8 Å². The molecule has 0 aliphatic carbocycles. The van der Waals surface area contributed by atoms with Gasteiger partial charge in [0, 0.05) is 52.0 Å². The molecule has 0 N–H and O–H groups in total. The Morgan fingerprint density at radius 2 is 1.83 bits per heavy atom. The van der Waals surface area contributed by atoms with Crippen molar-refractivity contribution in [3.05, 3.63) is 58.5 Å². The van der Waals surface area contributed by atoms with Crippen LogP contribution in [0.4, 0.5) is 5.69 Å². The first-order valence-corrected chi connectivity index (χ1v) is 7.93. The summed E-state index contributed by atoms with van der Waals surface area (Å²) in [4.78, 5) is 16.5. The zero-order valence-electron chi connectivity index (χ0n) is 13.7. The third kappa shape index (κ3) is 3.56. The number of benzene rings is 1. The van der Waals surface area contributed by atoms with Gasteiger partial charge in [0.15, 0.2) is 0 Å². The van der Waals surface area contributed by atoms with E-state index < -0.39 is 0 Å². The number of hydrogen-bond donors (Lipinski definition) is 0. The van der Waals surface area contributed by atoms with E-state index in [2.05, 4.69) is 15.9 Å². The predicted octanol–water partition coefficient (Wildman–Crippen LogP) is 1.72. The molecule has 0 radical (unpaired) electrons. The van der Waals surface area contributed by atoms with Crippen molar-refractivity contribution in [3.63, 3.8) is 0 Å². The molecule has 1 aromatic carbocycles. The third-order valence-electron chi connectivity index (χ3n) is 4.37. The minimum Gasteiger partial charge on any atom is -0.495 e. The van der Waals surface area contributed by atoms with Gasteiger partial charge in [0.1, 0.15) is 5.75 Å². The van der Waals surface area contributed by atoms with Crippen LogP contribution in [0.15, 0.2) is 47.4 Å². The molecular weight excluding hydrogens is 290 g/mol. The quantitative estimate of drug-likeness (QED) is 0.861. The first-order valence-electron chi connectivity index (χ1n) is 7.93. The lowest BCUT2D eigenvalue weighted by molar-refractivity contribution is 0.249. The zero-order valence-corrected chi connectivity index (χ0v) is 13.7. The Hall–Kier alpha value is -2.27. The maximum absolute atomic E-state index is 11.7. The summed E-state index contributed by atoms with van der Waals surface area (Å²) in [6, 6.07) is 11.9. The second-order valence-corrected chi connectivity index (χ2v) is 5.92. The first-order chi connectivity index (χ1) is 11.2. The van der Waals surface area contributed by atoms with Gasteiger partial charge >= 0.3 is 0 Å². The van der Waals surface area contributed by atoms with Gasteiger partial charge in [-0.25, -0.2) is 0 Å². The van der Waals surface area contributed by atoms with E-state index in [9.17, 15) is 4.79 Å². The van der Waals surface area contributed by atoms with Crippen molar-refractivity contribution in [2.45, 2.75) is 6.54 Å². The van der Waals surface area contributed by atoms with Gasteiger partial charge in [0.25, 0.3) is 5.56 Å². The number of aryl methyl sites for hydroxylation is 1. The fourth-order valence-corrected chi connectivity index (χ4v) is 2.98. The highest BCUT2D eigenvalue weighted by Gasteiger charge is 2.19. The molecule has 0 unspecified atom stereocenters. The average molecular weight is 313 g/mol. The Labute approximate surface area is 136 Å². The maximum Gasteiger partial charge on any atom is 0.250 e. The van der Waals surface area contributed by atoms with Crippen molar-refractivity contribution in [1.29, 1.82) is 0 Å². The second-order valence-electron chi connectivity index (χ2n) is 5.92. The van der Waals surface area contributed by atoms with Crippen molar-refractivity contribution < 1.29 is 4.74 Å². The molecule has 5 nitrogen and oxygen atoms in total. The molecule has 1 aliphatic rings. The van der Waals surface area contributed by atoms with Gasteiger partial charge in [-0.1, -0.05) is 12.1 Å². The minimum absolute atomic E-state index is 0.0511. The predicted molar refractivity (Wildman–Crippen MR) is 92.2 cm³/mol. The summed E-state index contributed by atoms with van der Waals surface area (Å²) in [7, 11) is 3.49. The van der Waals surface area contributed by atoms with Crippen molar-refractivity contribution in [2.75, 3.05) is 38.2 Å². The van der Waals surface area contributed by atoms with Crippen molar-refractivity contribution >= 4 is 5.69 Å². The Morgan fingerprint density at radius 1 is 1.09 bits per heavy atom. The van der Waals surface area contributed by atoms with Crippen molar-refractivity contribution in [1.82, 2.24) is 9.47 Å². The third-order valence-corrected chi connectivity index (χ3v) is 4.37. The van der Waals surface area contributed by atoms with Gasteiger partial charge in [-0.05, 0) is 23.8 Å². The molecule has 1 aromatic heterocycles. The molecule has 0 spiro atoms. The zero-order chi connectivity index (χ0) is 16.2. The highest BCUT2D eigenvalue weighted by atomic mass is 16.5. The molecule has 2 aromatic rings. The largest absolute Gasteiger partial charge is 0.495 e. The van der Waals surface area contributed by atoms with Gasteiger partial charge in [-0.3, -0.25) is 9.69 Å². The van der Waals surface area contributed by atoms with Gasteiger partial charge in [0.05, 0.1) is 12.8 Å². The molecule has 1 fully saturated rings. The molecule has 0 amide bonds.